The number of carbonyl (C=O) groups excluding carboxylic acids is 1. The van der Waals surface area contributed by atoms with E-state index in [4.69, 9.17) is 21.4 Å². The summed E-state index contributed by atoms with van der Waals surface area (Å²) in [5, 5.41) is 11.2. The molecule has 0 spiro atoms. The van der Waals surface area contributed by atoms with Gasteiger partial charge >= 0.3 is 0 Å². The largest absolute Gasteiger partial charge is 0.446 e. The number of hydrazone groups is 1. The normalized spacial score (nSPS) is 15.4. The van der Waals surface area contributed by atoms with Crippen molar-refractivity contribution in [2.24, 2.45) is 5.10 Å². The molecule has 5 rings (SSSR count). The molecule has 4 aromatic rings. The highest BCUT2D eigenvalue weighted by molar-refractivity contribution is 6.30. The molecule has 3 heterocycles. The second-order valence-electron chi connectivity index (χ2n) is 7.19. The van der Waals surface area contributed by atoms with Crippen molar-refractivity contribution < 1.29 is 9.53 Å². The Bertz CT molecular complexity index is 1290. The van der Waals surface area contributed by atoms with Gasteiger partial charge in [-0.15, -0.1) is 5.10 Å². The van der Waals surface area contributed by atoms with Crippen molar-refractivity contribution in [3.05, 3.63) is 101 Å². The summed E-state index contributed by atoms with van der Waals surface area (Å²) >= 11 is 6.09. The van der Waals surface area contributed by atoms with E-state index >= 15 is 0 Å². The number of hydrogen-bond acceptors (Lipinski definition) is 5. The average molecular weight is 444 g/mol. The van der Waals surface area contributed by atoms with Gasteiger partial charge in [0.25, 0.3) is 0 Å². The number of benzene rings is 2. The maximum Gasteiger partial charge on any atom is 0.243 e. The quantitative estimate of drug-likeness (QED) is 0.453. The first-order valence-electron chi connectivity index (χ1n) is 9.96. The molecule has 0 N–H and O–H groups in total. The minimum atomic E-state index is -0.765. The van der Waals surface area contributed by atoms with Crippen LogP contribution in [0.15, 0.2) is 90.4 Å². The first-order valence-corrected chi connectivity index (χ1v) is 10.3. The molecular weight excluding hydrogens is 426 g/mol. The van der Waals surface area contributed by atoms with E-state index in [1.807, 2.05) is 48.7 Å². The molecule has 1 atom stereocenters. The molecule has 0 saturated heterocycles. The van der Waals surface area contributed by atoms with Crippen LogP contribution in [0.2, 0.25) is 5.02 Å². The van der Waals surface area contributed by atoms with Gasteiger partial charge in [0.2, 0.25) is 18.0 Å². The van der Waals surface area contributed by atoms with Gasteiger partial charge in [0.05, 0.1) is 11.3 Å². The third kappa shape index (κ3) is 3.74. The van der Waals surface area contributed by atoms with Crippen LogP contribution < -0.4 is 0 Å². The highest BCUT2D eigenvalue weighted by atomic mass is 35.5. The molecule has 158 valence electrons. The zero-order chi connectivity index (χ0) is 22.1. The molecule has 1 amide bonds. The van der Waals surface area contributed by atoms with Gasteiger partial charge < -0.3 is 4.74 Å². The molecule has 0 saturated carbocycles. The first kappa shape index (κ1) is 20.0. The molecule has 1 aliphatic rings. The molecule has 0 bridgehead atoms. The Morgan fingerprint density at radius 1 is 0.969 bits per heavy atom. The number of para-hydroxylation sites is 1. The lowest BCUT2D eigenvalue weighted by Gasteiger charge is -2.19. The van der Waals surface area contributed by atoms with Crippen LogP contribution in [0.5, 0.6) is 0 Å². The maximum atomic E-state index is 12.5. The molecule has 1 aliphatic heterocycles. The van der Waals surface area contributed by atoms with Gasteiger partial charge in [-0.05, 0) is 36.4 Å². The summed E-state index contributed by atoms with van der Waals surface area (Å²) in [6, 6.07) is 20.7. The number of rotatable bonds is 4. The number of ether oxygens (including phenoxy) is 1. The van der Waals surface area contributed by atoms with Crippen LogP contribution in [0, 0.1) is 0 Å². The van der Waals surface area contributed by atoms with Crippen molar-refractivity contribution >= 4 is 23.4 Å². The van der Waals surface area contributed by atoms with Gasteiger partial charge in [0.1, 0.15) is 5.69 Å². The SMILES string of the molecule is CC(=O)N1N=C(c2ccncc2)OC1c1cn(-c2ccccc2)nc1-c1ccc(Cl)cc1. The highest BCUT2D eigenvalue weighted by Gasteiger charge is 2.36. The predicted octanol–water partition coefficient (Wildman–Crippen LogP) is 4.83. The number of halogens is 1. The van der Waals surface area contributed by atoms with Crippen molar-refractivity contribution in [2.45, 2.75) is 13.2 Å². The van der Waals surface area contributed by atoms with Crippen molar-refractivity contribution in [1.29, 1.82) is 0 Å². The Morgan fingerprint density at radius 2 is 1.69 bits per heavy atom. The molecule has 0 radical (unpaired) electrons. The van der Waals surface area contributed by atoms with Gasteiger partial charge in [-0.3, -0.25) is 9.78 Å². The molecule has 0 aliphatic carbocycles. The highest BCUT2D eigenvalue weighted by Crippen LogP contribution is 2.36. The zero-order valence-electron chi connectivity index (χ0n) is 17.1. The fraction of sp³-hybridized carbons (Fsp3) is 0.0833. The number of carbonyl (C=O) groups is 1. The fourth-order valence-electron chi connectivity index (χ4n) is 3.49. The molecule has 2 aromatic carbocycles. The van der Waals surface area contributed by atoms with Crippen molar-refractivity contribution in [3.8, 4) is 16.9 Å². The van der Waals surface area contributed by atoms with E-state index < -0.39 is 6.23 Å². The summed E-state index contributed by atoms with van der Waals surface area (Å²) < 4.78 is 7.96. The van der Waals surface area contributed by atoms with Crippen LogP contribution in [0.4, 0.5) is 0 Å². The summed E-state index contributed by atoms with van der Waals surface area (Å²) in [5.41, 5.74) is 3.85. The third-order valence-electron chi connectivity index (χ3n) is 5.04. The Hall–Kier alpha value is -3.97. The first-order chi connectivity index (χ1) is 15.6. The Balaban J connectivity index is 1.62. The molecule has 8 heteroatoms. The topological polar surface area (TPSA) is 72.6 Å². The summed E-state index contributed by atoms with van der Waals surface area (Å²) in [4.78, 5) is 16.5. The Kier molecular flexibility index (Phi) is 5.17. The average Bonchev–Trinajstić information content (AvgIpc) is 3.46. The minimum Gasteiger partial charge on any atom is -0.446 e. The van der Waals surface area contributed by atoms with Crippen LogP contribution in [0.3, 0.4) is 0 Å². The van der Waals surface area contributed by atoms with Gasteiger partial charge in [-0.2, -0.15) is 10.1 Å². The van der Waals surface area contributed by atoms with Gasteiger partial charge in [-0.1, -0.05) is 41.9 Å². The lowest BCUT2D eigenvalue weighted by atomic mass is 10.1. The Morgan fingerprint density at radius 3 is 2.38 bits per heavy atom. The molecule has 2 aromatic heterocycles. The lowest BCUT2D eigenvalue weighted by molar-refractivity contribution is -0.135. The second kappa shape index (κ2) is 8.28. The smallest absolute Gasteiger partial charge is 0.243 e. The van der Waals surface area contributed by atoms with E-state index in [1.54, 1.807) is 41.3 Å². The summed E-state index contributed by atoms with van der Waals surface area (Å²) in [6.45, 7) is 1.46. The number of amides is 1. The van der Waals surface area contributed by atoms with Crippen molar-refractivity contribution in [2.75, 3.05) is 0 Å². The van der Waals surface area contributed by atoms with Crippen LogP contribution in [0.25, 0.3) is 16.9 Å². The summed E-state index contributed by atoms with van der Waals surface area (Å²) in [7, 11) is 0. The maximum absolute atomic E-state index is 12.5. The zero-order valence-corrected chi connectivity index (χ0v) is 17.8. The predicted molar refractivity (Wildman–Crippen MR) is 121 cm³/mol. The number of pyridine rings is 1. The van der Waals surface area contributed by atoms with E-state index in [1.165, 1.54) is 11.9 Å². The van der Waals surface area contributed by atoms with Crippen LogP contribution in [-0.4, -0.2) is 31.6 Å². The summed E-state index contributed by atoms with van der Waals surface area (Å²) in [6.07, 6.45) is 4.40. The van der Waals surface area contributed by atoms with Gasteiger partial charge in [-0.25, -0.2) is 4.68 Å². The van der Waals surface area contributed by atoms with E-state index in [9.17, 15) is 4.79 Å². The van der Waals surface area contributed by atoms with Crippen LogP contribution in [0.1, 0.15) is 24.3 Å². The monoisotopic (exact) mass is 443 g/mol. The number of nitrogens with zero attached hydrogens (tertiary/aromatic N) is 5. The minimum absolute atomic E-state index is 0.242. The molecule has 1 unspecified atom stereocenters. The number of aromatic nitrogens is 3. The standard InChI is InChI=1S/C24H18ClN5O2/c1-16(31)30-24(32-23(28-30)18-11-13-26-14-12-18)21-15-29(20-5-3-2-4-6-20)27-22(21)17-7-9-19(25)10-8-17/h2-15,24H,1H3. The van der Waals surface area contributed by atoms with Gasteiger partial charge in [0, 0.05) is 41.7 Å². The van der Waals surface area contributed by atoms with Crippen LogP contribution in [-0.2, 0) is 9.53 Å². The van der Waals surface area contributed by atoms with Crippen molar-refractivity contribution in [1.82, 2.24) is 19.8 Å². The van der Waals surface area contributed by atoms with E-state index in [0.717, 1.165) is 16.8 Å². The molecule has 0 fully saturated rings. The van der Waals surface area contributed by atoms with Gasteiger partial charge in [0.15, 0.2) is 0 Å². The van der Waals surface area contributed by atoms with E-state index in [0.29, 0.717) is 22.2 Å². The fourth-order valence-corrected chi connectivity index (χ4v) is 3.62. The number of hydrogen-bond donors (Lipinski definition) is 0. The molecule has 7 nitrogen and oxygen atoms in total. The van der Waals surface area contributed by atoms with E-state index in [-0.39, 0.29) is 5.91 Å². The Labute approximate surface area is 189 Å². The third-order valence-corrected chi connectivity index (χ3v) is 5.29. The summed E-state index contributed by atoms with van der Waals surface area (Å²) in [5.74, 6) is 0.107. The lowest BCUT2D eigenvalue weighted by Crippen LogP contribution is -2.25. The molecular formula is C24H18ClN5O2. The van der Waals surface area contributed by atoms with Crippen molar-refractivity contribution in [3.63, 3.8) is 0 Å². The van der Waals surface area contributed by atoms with E-state index in [2.05, 4.69) is 10.1 Å². The molecule has 32 heavy (non-hydrogen) atoms. The van der Waals surface area contributed by atoms with Crippen LogP contribution >= 0.6 is 11.6 Å². The second-order valence-corrected chi connectivity index (χ2v) is 7.63.